The third-order valence-corrected chi connectivity index (χ3v) is 12.2. The first kappa shape index (κ1) is 27.3. The highest BCUT2D eigenvalue weighted by Gasteiger charge is 2.40. The summed E-state index contributed by atoms with van der Waals surface area (Å²) in [4.78, 5) is 15.7. The quantitative estimate of drug-likeness (QED) is 0.237. The van der Waals surface area contributed by atoms with Gasteiger partial charge in [0.15, 0.2) is 13.4 Å². The van der Waals surface area contributed by atoms with E-state index in [-0.39, 0.29) is 32.8 Å². The van der Waals surface area contributed by atoms with Crippen LogP contribution in [-0.4, -0.2) is 24.5 Å². The highest BCUT2D eigenvalue weighted by Crippen LogP contribution is 2.39. The van der Waals surface area contributed by atoms with E-state index in [1.807, 2.05) is 12.1 Å². The molecule has 1 heterocycles. The van der Waals surface area contributed by atoms with Crippen molar-refractivity contribution in [2.24, 2.45) is 0 Å². The predicted molar refractivity (Wildman–Crippen MR) is 150 cm³/mol. The van der Waals surface area contributed by atoms with E-state index in [2.05, 4.69) is 55.5 Å². The molecule has 1 aliphatic rings. The van der Waals surface area contributed by atoms with Crippen LogP contribution in [0.25, 0.3) is 10.9 Å². The maximum atomic E-state index is 13.0. The number of benzene rings is 2. The number of alkyl halides is 3. The van der Waals surface area contributed by atoms with E-state index in [0.717, 1.165) is 42.6 Å². The first-order valence-electron chi connectivity index (χ1n) is 12.2. The summed E-state index contributed by atoms with van der Waals surface area (Å²) >= 11 is 5.49. The molecule has 0 saturated heterocycles. The van der Waals surface area contributed by atoms with Gasteiger partial charge in [0.25, 0.3) is 0 Å². The molecule has 1 aliphatic carbocycles. The van der Waals surface area contributed by atoms with Crippen molar-refractivity contribution in [3.8, 4) is 0 Å². The van der Waals surface area contributed by atoms with Gasteiger partial charge in [-0.25, -0.2) is 0 Å². The van der Waals surface area contributed by atoms with Crippen LogP contribution < -0.4 is 16.1 Å². The highest BCUT2D eigenvalue weighted by atomic mass is 32.1. The van der Waals surface area contributed by atoms with Crippen molar-refractivity contribution in [2.75, 3.05) is 10.6 Å². The predicted octanol–water partition coefficient (Wildman–Crippen LogP) is 7.23. The van der Waals surface area contributed by atoms with Gasteiger partial charge in [0.05, 0.1) is 5.56 Å². The molecule has 0 amide bonds. The van der Waals surface area contributed by atoms with E-state index in [0.29, 0.717) is 0 Å². The summed E-state index contributed by atoms with van der Waals surface area (Å²) in [6, 6.07) is 9.04. The number of H-pyrrole nitrogens is 1. The monoisotopic (exact) mass is 547 g/mol. The Balaban J connectivity index is 1.51. The van der Waals surface area contributed by atoms with Gasteiger partial charge in [-0.3, -0.25) is 4.79 Å². The van der Waals surface area contributed by atoms with Gasteiger partial charge in [-0.05, 0) is 85.0 Å². The maximum Gasteiger partial charge on any atom is 0.416 e. The van der Waals surface area contributed by atoms with Crippen LogP contribution in [0.3, 0.4) is 0 Å². The van der Waals surface area contributed by atoms with Crippen molar-refractivity contribution in [3.05, 3.63) is 69.5 Å². The van der Waals surface area contributed by atoms with Crippen LogP contribution in [0.1, 0.15) is 43.9 Å². The second kappa shape index (κ2) is 9.88. The van der Waals surface area contributed by atoms with Crippen LogP contribution in [0, 0.1) is 0 Å². The molecule has 0 spiro atoms. The Bertz CT molecular complexity index is 1400. The van der Waals surface area contributed by atoms with Crippen LogP contribution >= 0.6 is 12.2 Å². The minimum absolute atomic E-state index is 0.106. The van der Waals surface area contributed by atoms with Crippen LogP contribution in [-0.2, 0) is 23.4 Å². The third-order valence-electron chi connectivity index (χ3n) is 7.41. The number of fused-ring (bicyclic) bond motifs is 2. The number of thiocarbonyl (C=S) groups is 1. The lowest BCUT2D eigenvalue weighted by Crippen LogP contribution is -2.45. The lowest BCUT2D eigenvalue weighted by Gasteiger charge is -2.40. The van der Waals surface area contributed by atoms with Crippen molar-refractivity contribution in [2.45, 2.75) is 70.4 Å². The Kier molecular flexibility index (Phi) is 7.30. The number of aromatic amines is 1. The minimum atomic E-state index is -4.49. The number of aryl methyl sites for hydroxylation is 1. The molecule has 0 fully saturated rings. The molecule has 4 rings (SSSR count). The van der Waals surface area contributed by atoms with Gasteiger partial charge in [-0.1, -0.05) is 32.9 Å². The molecule has 37 heavy (non-hydrogen) atoms. The molecule has 1 aromatic heterocycles. The van der Waals surface area contributed by atoms with Crippen LogP contribution in [0.2, 0.25) is 18.1 Å². The van der Waals surface area contributed by atoms with E-state index < -0.39 is 25.5 Å². The number of anilines is 2. The lowest BCUT2D eigenvalue weighted by atomic mass is 9.88. The molecule has 198 valence electrons. The largest absolute Gasteiger partial charge is 0.416 e. The van der Waals surface area contributed by atoms with Gasteiger partial charge in [-0.15, -0.1) is 0 Å². The van der Waals surface area contributed by atoms with E-state index in [1.165, 1.54) is 17.8 Å². The zero-order valence-corrected chi connectivity index (χ0v) is 23.4. The Morgan fingerprint density at radius 1 is 1.11 bits per heavy atom. The number of pyridine rings is 1. The van der Waals surface area contributed by atoms with Gasteiger partial charge in [0.2, 0.25) is 5.43 Å². The van der Waals surface area contributed by atoms with Crippen molar-refractivity contribution in [1.29, 1.82) is 0 Å². The molecular formula is C27H32F3N3O2SSi. The van der Waals surface area contributed by atoms with Crippen LogP contribution in [0.5, 0.6) is 0 Å². The van der Waals surface area contributed by atoms with Gasteiger partial charge in [-0.2, -0.15) is 13.2 Å². The second-order valence-corrected chi connectivity index (χ2v) is 16.2. The summed E-state index contributed by atoms with van der Waals surface area (Å²) < 4.78 is 45.7. The summed E-state index contributed by atoms with van der Waals surface area (Å²) in [5, 5.41) is 6.60. The molecule has 0 unspecified atom stereocenters. The Hall–Kier alpha value is -2.69. The SMILES string of the molecule is CC(C)(C)[Si](C)(C)O[C@H]1CCc2cccc(NC(=S)Nc3c[nH]c4cc(C(F)(F)F)ccc4c3=O)c2C1. The van der Waals surface area contributed by atoms with Gasteiger partial charge in [0, 0.05) is 28.9 Å². The standard InChI is InChI=1S/C27H32F3N3O2SSi/c1-26(2,3)37(4,5)35-18-11-9-16-7-6-8-21(20(16)14-18)32-25(36)33-23-15-31-22-13-17(27(28,29)30)10-12-19(22)24(23)34/h6-8,10,12-13,15,18H,9,11,14H2,1-5H3,(H,31,34)(H2,32,33,36)/t18-/m0/s1. The number of nitrogens with one attached hydrogen (secondary N) is 3. The Morgan fingerprint density at radius 2 is 1.81 bits per heavy atom. The van der Waals surface area contributed by atoms with Crippen molar-refractivity contribution >= 4 is 47.9 Å². The number of aromatic nitrogens is 1. The normalized spacial score (nSPS) is 16.4. The number of hydrogen-bond acceptors (Lipinski definition) is 3. The van der Waals surface area contributed by atoms with Crippen LogP contribution in [0.15, 0.2) is 47.4 Å². The topological polar surface area (TPSA) is 66.2 Å². The maximum absolute atomic E-state index is 13.0. The number of rotatable bonds is 4. The summed E-state index contributed by atoms with van der Waals surface area (Å²) in [6.45, 7) is 11.2. The Morgan fingerprint density at radius 3 is 2.49 bits per heavy atom. The summed E-state index contributed by atoms with van der Waals surface area (Å²) in [6.07, 6.45) is -0.378. The molecule has 5 nitrogen and oxygen atoms in total. The number of halogens is 3. The summed E-state index contributed by atoms with van der Waals surface area (Å²) in [7, 11) is -1.92. The molecule has 1 atom stereocenters. The van der Waals surface area contributed by atoms with E-state index >= 15 is 0 Å². The fourth-order valence-electron chi connectivity index (χ4n) is 4.33. The zero-order chi connectivity index (χ0) is 27.2. The molecule has 0 radical (unpaired) electrons. The molecule has 2 aromatic carbocycles. The van der Waals surface area contributed by atoms with Gasteiger partial charge >= 0.3 is 6.18 Å². The average Bonchev–Trinajstić information content (AvgIpc) is 2.79. The first-order chi connectivity index (χ1) is 17.2. The van der Waals surface area contributed by atoms with Crippen molar-refractivity contribution < 1.29 is 17.6 Å². The molecule has 0 aliphatic heterocycles. The molecule has 10 heteroatoms. The summed E-state index contributed by atoms with van der Waals surface area (Å²) in [5.74, 6) is 0. The van der Waals surface area contributed by atoms with Gasteiger partial charge < -0.3 is 20.0 Å². The molecular weight excluding hydrogens is 515 g/mol. The fraction of sp³-hybridized carbons (Fsp3) is 0.407. The van der Waals surface area contributed by atoms with Crippen LogP contribution in [0.4, 0.5) is 24.5 Å². The van der Waals surface area contributed by atoms with Crippen molar-refractivity contribution in [1.82, 2.24) is 4.98 Å². The number of hydrogen-bond donors (Lipinski definition) is 3. The molecule has 0 bridgehead atoms. The second-order valence-electron chi connectivity index (χ2n) is 11.1. The lowest BCUT2D eigenvalue weighted by molar-refractivity contribution is -0.137. The first-order valence-corrected chi connectivity index (χ1v) is 15.6. The third kappa shape index (κ3) is 5.91. The fourth-order valence-corrected chi connectivity index (χ4v) is 5.94. The van der Waals surface area contributed by atoms with E-state index in [9.17, 15) is 18.0 Å². The zero-order valence-electron chi connectivity index (χ0n) is 21.6. The highest BCUT2D eigenvalue weighted by molar-refractivity contribution is 7.80. The molecule has 3 aromatic rings. The summed E-state index contributed by atoms with van der Waals surface area (Å²) in [5.41, 5.74) is 2.23. The van der Waals surface area contributed by atoms with E-state index in [4.69, 9.17) is 16.6 Å². The molecule has 0 saturated carbocycles. The Labute approximate surface area is 220 Å². The van der Waals surface area contributed by atoms with Crippen molar-refractivity contribution in [3.63, 3.8) is 0 Å². The van der Waals surface area contributed by atoms with E-state index in [1.54, 1.807) is 0 Å². The minimum Gasteiger partial charge on any atom is -0.414 e. The average molecular weight is 548 g/mol. The van der Waals surface area contributed by atoms with Gasteiger partial charge in [0.1, 0.15) is 5.69 Å². The smallest absolute Gasteiger partial charge is 0.414 e. The molecule has 3 N–H and O–H groups in total.